The second kappa shape index (κ2) is 9.71. The van der Waals surface area contributed by atoms with Crippen molar-refractivity contribution in [2.24, 2.45) is 52.3 Å². The van der Waals surface area contributed by atoms with Crippen molar-refractivity contribution in [3.63, 3.8) is 0 Å². The molecule has 0 saturated heterocycles. The van der Waals surface area contributed by atoms with Gasteiger partial charge >= 0.3 is 10.4 Å². The van der Waals surface area contributed by atoms with Crippen molar-refractivity contribution in [3.05, 3.63) is 0 Å². The van der Waals surface area contributed by atoms with E-state index in [4.69, 9.17) is 4.18 Å². The Hall–Kier alpha value is -0.170. The maximum atomic E-state index is 11.4. The summed E-state index contributed by atoms with van der Waals surface area (Å²) in [4.78, 5) is 0. The molecule has 0 radical (unpaired) electrons. The van der Waals surface area contributed by atoms with Gasteiger partial charge in [0.1, 0.15) is 0 Å². The minimum Gasteiger partial charge on any atom is -0.393 e. The molecule has 33 heavy (non-hydrogen) atoms. The lowest BCUT2D eigenvalue weighted by molar-refractivity contribution is -0.130. The Balaban J connectivity index is 1.51. The van der Waals surface area contributed by atoms with Crippen molar-refractivity contribution in [1.82, 2.24) is 0 Å². The van der Waals surface area contributed by atoms with E-state index < -0.39 is 10.4 Å². The molecule has 0 aliphatic heterocycles. The summed E-state index contributed by atoms with van der Waals surface area (Å²) in [5.41, 5.74) is 0.621. The first-order valence-electron chi connectivity index (χ1n) is 13.7. The fourth-order valence-corrected chi connectivity index (χ4v) is 9.76. The van der Waals surface area contributed by atoms with Crippen LogP contribution in [-0.2, 0) is 14.6 Å². The van der Waals surface area contributed by atoms with Crippen molar-refractivity contribution >= 4 is 10.4 Å². The van der Waals surface area contributed by atoms with Gasteiger partial charge in [0.25, 0.3) is 0 Å². The zero-order chi connectivity index (χ0) is 24.0. The van der Waals surface area contributed by atoms with Gasteiger partial charge in [-0.2, -0.15) is 8.42 Å². The van der Waals surface area contributed by atoms with Crippen molar-refractivity contribution in [2.45, 2.75) is 111 Å². The molecule has 4 fully saturated rings. The molecule has 4 aliphatic carbocycles. The highest BCUT2D eigenvalue weighted by molar-refractivity contribution is 7.80. The van der Waals surface area contributed by atoms with Gasteiger partial charge in [0.05, 0.1) is 12.7 Å². The van der Waals surface area contributed by atoms with Crippen molar-refractivity contribution < 1.29 is 22.3 Å². The molecule has 4 rings (SSSR count). The average Bonchev–Trinajstić information content (AvgIpc) is 3.07. The summed E-state index contributed by atoms with van der Waals surface area (Å²) in [5.74, 6) is 4.23. The minimum absolute atomic E-state index is 0.0984. The van der Waals surface area contributed by atoms with Gasteiger partial charge in [-0.1, -0.05) is 40.5 Å². The van der Waals surface area contributed by atoms with Crippen LogP contribution in [0.15, 0.2) is 0 Å². The molecule has 0 bridgehead atoms. The number of hydrogen-bond donors (Lipinski definition) is 2. The van der Waals surface area contributed by atoms with Crippen molar-refractivity contribution in [2.75, 3.05) is 6.61 Å². The Bertz CT molecular complexity index is 781. The van der Waals surface area contributed by atoms with Gasteiger partial charge in [0.2, 0.25) is 0 Å². The average molecular weight is 485 g/mol. The quantitative estimate of drug-likeness (QED) is 0.397. The van der Waals surface area contributed by atoms with Crippen molar-refractivity contribution in [3.8, 4) is 0 Å². The predicted molar refractivity (Wildman–Crippen MR) is 131 cm³/mol. The summed E-state index contributed by atoms with van der Waals surface area (Å²) < 4.78 is 37.0. The lowest BCUT2D eigenvalue weighted by atomic mass is 9.44. The molecular weight excluding hydrogens is 436 g/mol. The summed E-state index contributed by atoms with van der Waals surface area (Å²) in [7, 11) is -4.40. The molecule has 5 nitrogen and oxygen atoms in total. The van der Waals surface area contributed by atoms with E-state index >= 15 is 0 Å². The van der Waals surface area contributed by atoms with Crippen LogP contribution in [0.5, 0.6) is 0 Å². The van der Waals surface area contributed by atoms with Crippen LogP contribution in [0, 0.1) is 52.3 Å². The molecule has 0 aromatic rings. The summed E-state index contributed by atoms with van der Waals surface area (Å²) in [5, 5.41) is 10.3. The van der Waals surface area contributed by atoms with Crippen molar-refractivity contribution in [1.29, 1.82) is 0 Å². The van der Waals surface area contributed by atoms with Gasteiger partial charge in [0, 0.05) is 0 Å². The first-order valence-corrected chi connectivity index (χ1v) is 15.1. The first-order chi connectivity index (χ1) is 15.4. The predicted octanol–water partition coefficient (Wildman–Crippen LogP) is 6.27. The zero-order valence-electron chi connectivity index (χ0n) is 21.3. The lowest BCUT2D eigenvalue weighted by Gasteiger charge is -2.61. The smallest absolute Gasteiger partial charge is 0.393 e. The molecule has 9 atom stereocenters. The Kier molecular flexibility index (Phi) is 7.62. The Morgan fingerprint density at radius 1 is 0.939 bits per heavy atom. The molecule has 0 amide bonds. The maximum Gasteiger partial charge on any atom is 0.397 e. The third-order valence-corrected chi connectivity index (χ3v) is 11.5. The SMILES string of the molecule is CC(C)CCC[C@@H](COS(=O)(=O)O)[C@H]1CC[C@H]2[C@@H]3CCC4C[C@@H](O)CC[C@]4(C)[C@H]3CC[C@]12C. The highest BCUT2D eigenvalue weighted by Crippen LogP contribution is 2.68. The Morgan fingerprint density at radius 3 is 2.33 bits per heavy atom. The second-order valence-electron chi connectivity index (χ2n) is 13.1. The van der Waals surface area contributed by atoms with Crippen LogP contribution >= 0.6 is 0 Å². The number of rotatable bonds is 8. The van der Waals surface area contributed by atoms with Gasteiger partial charge < -0.3 is 5.11 Å². The molecule has 0 heterocycles. The summed E-state index contributed by atoms with van der Waals surface area (Å²) in [6, 6.07) is 0. The normalized spacial score (nSPS) is 44.2. The Labute approximate surface area is 202 Å². The zero-order valence-corrected chi connectivity index (χ0v) is 22.2. The third kappa shape index (κ3) is 5.20. The fraction of sp³-hybridized carbons (Fsp3) is 1.00. The molecule has 0 spiro atoms. The number of aliphatic hydroxyl groups excluding tert-OH is 1. The minimum atomic E-state index is -4.40. The largest absolute Gasteiger partial charge is 0.397 e. The van der Waals surface area contributed by atoms with E-state index in [1.54, 1.807) is 0 Å². The van der Waals surface area contributed by atoms with Gasteiger partial charge in [-0.3, -0.25) is 4.55 Å². The molecule has 1 unspecified atom stereocenters. The molecule has 192 valence electrons. The standard InChI is InChI=1S/C27H48O5S/c1-18(2)6-5-7-19(17-32-33(29,30)31)23-10-11-24-22-9-8-20-16-21(28)12-14-26(20,3)25(22)13-15-27(23,24)4/h18-25,28H,5-17H2,1-4H3,(H,29,30,31)/t19-,20?,21-,22-,23+,24-,25-,26-,27+/m0/s1. The van der Waals surface area contributed by atoms with Crippen LogP contribution in [0.1, 0.15) is 105 Å². The fourth-order valence-electron chi connectivity index (χ4n) is 9.41. The number of fused-ring (bicyclic) bond motifs is 5. The summed E-state index contributed by atoms with van der Waals surface area (Å²) in [6.07, 6.45) is 13.7. The van der Waals surface area contributed by atoms with E-state index in [9.17, 15) is 18.1 Å². The van der Waals surface area contributed by atoms with Gasteiger partial charge in [-0.15, -0.1) is 0 Å². The monoisotopic (exact) mass is 484 g/mol. The number of aliphatic hydroxyl groups is 1. The van der Waals surface area contributed by atoms with E-state index in [0.29, 0.717) is 29.1 Å². The summed E-state index contributed by atoms with van der Waals surface area (Å²) >= 11 is 0. The van der Waals surface area contributed by atoms with E-state index in [1.807, 2.05) is 0 Å². The topological polar surface area (TPSA) is 83.8 Å². The molecule has 2 N–H and O–H groups in total. The second-order valence-corrected chi connectivity index (χ2v) is 14.2. The first kappa shape index (κ1) is 25.9. The van der Waals surface area contributed by atoms with Gasteiger partial charge in [-0.05, 0) is 116 Å². The molecule has 4 saturated carbocycles. The molecule has 4 aliphatic rings. The van der Waals surface area contributed by atoms with E-state index in [1.165, 1.54) is 38.5 Å². The van der Waals surface area contributed by atoms with Gasteiger partial charge in [0.15, 0.2) is 0 Å². The highest BCUT2D eigenvalue weighted by atomic mass is 32.3. The molecule has 0 aromatic heterocycles. The number of hydrogen-bond acceptors (Lipinski definition) is 4. The molecular formula is C27H48O5S. The van der Waals surface area contributed by atoms with Gasteiger partial charge in [-0.25, -0.2) is 4.18 Å². The lowest BCUT2D eigenvalue weighted by Crippen LogP contribution is -2.54. The van der Waals surface area contributed by atoms with Crippen LogP contribution in [0.4, 0.5) is 0 Å². The maximum absolute atomic E-state index is 11.4. The molecule has 6 heteroatoms. The molecule has 0 aromatic carbocycles. The third-order valence-electron chi connectivity index (χ3n) is 11.1. The van der Waals surface area contributed by atoms with Crippen LogP contribution in [-0.4, -0.2) is 30.8 Å². The van der Waals surface area contributed by atoms with Crippen LogP contribution < -0.4 is 0 Å². The van der Waals surface area contributed by atoms with Crippen LogP contribution in [0.2, 0.25) is 0 Å². The van der Waals surface area contributed by atoms with Crippen LogP contribution in [0.25, 0.3) is 0 Å². The highest BCUT2D eigenvalue weighted by Gasteiger charge is 2.60. The van der Waals surface area contributed by atoms with Crippen LogP contribution in [0.3, 0.4) is 0 Å². The van der Waals surface area contributed by atoms with E-state index in [-0.39, 0.29) is 24.0 Å². The summed E-state index contributed by atoms with van der Waals surface area (Å²) in [6.45, 7) is 9.62. The van der Waals surface area contributed by atoms with E-state index in [2.05, 4.69) is 27.7 Å². The van der Waals surface area contributed by atoms with E-state index in [0.717, 1.165) is 50.4 Å². The Morgan fingerprint density at radius 2 is 1.64 bits per heavy atom.